The summed E-state index contributed by atoms with van der Waals surface area (Å²) in [6.45, 7) is 0.538. The van der Waals surface area contributed by atoms with E-state index in [0.29, 0.717) is 17.1 Å². The highest BCUT2D eigenvalue weighted by Gasteiger charge is 2.12. The highest BCUT2D eigenvalue weighted by Crippen LogP contribution is 2.32. The van der Waals surface area contributed by atoms with Crippen molar-refractivity contribution in [3.8, 4) is 16.9 Å². The minimum atomic E-state index is -0.263. The smallest absolute Gasteiger partial charge is 0.255 e. The Labute approximate surface area is 179 Å². The number of nitrogens with zero attached hydrogens (tertiary/aromatic N) is 1. The number of benzene rings is 3. The van der Waals surface area contributed by atoms with Crippen LogP contribution in [0.25, 0.3) is 22.0 Å². The van der Waals surface area contributed by atoms with Crippen LogP contribution in [0.3, 0.4) is 0 Å². The van der Waals surface area contributed by atoms with E-state index in [9.17, 15) is 9.90 Å². The van der Waals surface area contributed by atoms with Gasteiger partial charge in [0.2, 0.25) is 0 Å². The molecule has 0 unspecified atom stereocenters. The molecule has 4 aromatic rings. The molecule has 1 amide bonds. The number of amides is 1. The van der Waals surface area contributed by atoms with Gasteiger partial charge in [-0.1, -0.05) is 54.1 Å². The van der Waals surface area contributed by atoms with Crippen LogP contribution in [0.2, 0.25) is 5.02 Å². The Morgan fingerprint density at radius 1 is 1.03 bits per heavy atom. The van der Waals surface area contributed by atoms with Crippen LogP contribution < -0.4 is 5.32 Å². The SMILES string of the molecule is O=C(NCCCCc1n[nH]c2cc(Cl)c(-c3ccccc3)cc12)c1ccccc1O. The van der Waals surface area contributed by atoms with Crippen molar-refractivity contribution >= 4 is 28.4 Å². The molecule has 3 aromatic carbocycles. The second-order valence-corrected chi connectivity index (χ2v) is 7.55. The van der Waals surface area contributed by atoms with Gasteiger partial charge < -0.3 is 10.4 Å². The molecule has 6 heteroatoms. The highest BCUT2D eigenvalue weighted by atomic mass is 35.5. The number of unbranched alkanes of at least 4 members (excludes halogenated alkanes) is 1. The van der Waals surface area contributed by atoms with E-state index in [1.165, 1.54) is 6.07 Å². The van der Waals surface area contributed by atoms with Crippen LogP contribution in [0, 0.1) is 0 Å². The Balaban J connectivity index is 1.38. The van der Waals surface area contributed by atoms with Gasteiger partial charge in [0.15, 0.2) is 0 Å². The molecule has 0 spiro atoms. The largest absolute Gasteiger partial charge is 0.507 e. The number of halogens is 1. The fourth-order valence-corrected chi connectivity index (χ4v) is 3.77. The molecule has 5 nitrogen and oxygen atoms in total. The first-order chi connectivity index (χ1) is 14.6. The summed E-state index contributed by atoms with van der Waals surface area (Å²) in [5.41, 5.74) is 4.26. The van der Waals surface area contributed by atoms with Crippen molar-refractivity contribution in [2.45, 2.75) is 19.3 Å². The molecule has 0 aliphatic carbocycles. The van der Waals surface area contributed by atoms with Crippen LogP contribution in [0.15, 0.2) is 66.7 Å². The zero-order valence-electron chi connectivity index (χ0n) is 16.4. The number of phenolic OH excluding ortho intramolecular Hbond substituents is 1. The first-order valence-corrected chi connectivity index (χ1v) is 10.3. The first-order valence-electron chi connectivity index (χ1n) is 9.91. The summed E-state index contributed by atoms with van der Waals surface area (Å²) in [5.74, 6) is -0.272. The van der Waals surface area contributed by atoms with Gasteiger partial charge in [0, 0.05) is 17.5 Å². The Morgan fingerprint density at radius 2 is 1.80 bits per heavy atom. The van der Waals surface area contributed by atoms with E-state index in [2.05, 4.69) is 21.6 Å². The van der Waals surface area contributed by atoms with E-state index in [4.69, 9.17) is 11.6 Å². The summed E-state index contributed by atoms with van der Waals surface area (Å²) >= 11 is 6.48. The molecule has 0 fully saturated rings. The van der Waals surface area contributed by atoms with Gasteiger partial charge in [-0.3, -0.25) is 9.89 Å². The molecular formula is C24H22ClN3O2. The number of rotatable bonds is 7. The van der Waals surface area contributed by atoms with Gasteiger partial charge >= 0.3 is 0 Å². The summed E-state index contributed by atoms with van der Waals surface area (Å²) < 4.78 is 0. The minimum Gasteiger partial charge on any atom is -0.507 e. The lowest BCUT2D eigenvalue weighted by Crippen LogP contribution is -2.24. The molecular weight excluding hydrogens is 398 g/mol. The number of hydrogen-bond acceptors (Lipinski definition) is 3. The molecule has 3 N–H and O–H groups in total. The third-order valence-electron chi connectivity index (χ3n) is 5.09. The molecule has 0 atom stereocenters. The normalized spacial score (nSPS) is 11.0. The topological polar surface area (TPSA) is 78.0 Å². The van der Waals surface area contributed by atoms with Gasteiger partial charge in [-0.15, -0.1) is 0 Å². The van der Waals surface area contributed by atoms with Crippen molar-refractivity contribution in [1.29, 1.82) is 0 Å². The molecule has 0 saturated carbocycles. The number of hydrogen-bond donors (Lipinski definition) is 3. The molecule has 0 aliphatic rings. The number of aromatic hydroxyl groups is 1. The molecule has 0 bridgehead atoms. The van der Waals surface area contributed by atoms with Crippen molar-refractivity contribution < 1.29 is 9.90 Å². The number of phenols is 1. The van der Waals surface area contributed by atoms with Crippen molar-refractivity contribution in [3.05, 3.63) is 83.0 Å². The highest BCUT2D eigenvalue weighted by molar-refractivity contribution is 6.34. The molecule has 0 aliphatic heterocycles. The maximum atomic E-state index is 12.1. The van der Waals surface area contributed by atoms with E-state index < -0.39 is 0 Å². The Kier molecular flexibility index (Phi) is 6.00. The quantitative estimate of drug-likeness (QED) is 0.354. The van der Waals surface area contributed by atoms with Crippen LogP contribution in [-0.4, -0.2) is 27.8 Å². The Bertz CT molecular complexity index is 1170. The zero-order valence-corrected chi connectivity index (χ0v) is 17.1. The lowest BCUT2D eigenvalue weighted by molar-refractivity contribution is 0.0950. The van der Waals surface area contributed by atoms with Gasteiger partial charge in [0.25, 0.3) is 5.91 Å². The minimum absolute atomic E-state index is 0.00845. The van der Waals surface area contributed by atoms with Gasteiger partial charge in [0.05, 0.1) is 21.8 Å². The maximum Gasteiger partial charge on any atom is 0.255 e. The summed E-state index contributed by atoms with van der Waals surface area (Å²) in [6, 6.07) is 20.6. The van der Waals surface area contributed by atoms with Gasteiger partial charge in [-0.25, -0.2) is 0 Å². The number of carbonyl (C=O) groups is 1. The molecule has 1 heterocycles. The van der Waals surface area contributed by atoms with E-state index >= 15 is 0 Å². The second-order valence-electron chi connectivity index (χ2n) is 7.14. The standard InChI is InChI=1S/C24H22ClN3O2/c25-20-15-22-19(14-18(20)16-8-2-1-3-9-16)21(27-28-22)11-6-7-13-26-24(30)17-10-4-5-12-23(17)29/h1-5,8-10,12,14-15,29H,6-7,11,13H2,(H,26,30)(H,27,28). The molecule has 30 heavy (non-hydrogen) atoms. The van der Waals surface area contributed by atoms with Crippen LogP contribution in [0.5, 0.6) is 5.75 Å². The third-order valence-corrected chi connectivity index (χ3v) is 5.40. The monoisotopic (exact) mass is 419 g/mol. The van der Waals surface area contributed by atoms with Gasteiger partial charge in [-0.2, -0.15) is 5.10 Å². The number of aryl methyl sites for hydroxylation is 1. The van der Waals surface area contributed by atoms with Crippen molar-refractivity contribution in [2.24, 2.45) is 0 Å². The second kappa shape index (κ2) is 9.01. The van der Waals surface area contributed by atoms with Crippen LogP contribution in [0.4, 0.5) is 0 Å². The average molecular weight is 420 g/mol. The lowest BCUT2D eigenvalue weighted by atomic mass is 10.0. The number of aromatic nitrogens is 2. The summed E-state index contributed by atoms with van der Waals surface area (Å²) in [4.78, 5) is 12.1. The fourth-order valence-electron chi connectivity index (χ4n) is 3.50. The predicted molar refractivity (Wildman–Crippen MR) is 120 cm³/mol. The Morgan fingerprint density at radius 3 is 2.60 bits per heavy atom. The van der Waals surface area contributed by atoms with Crippen LogP contribution >= 0.6 is 11.6 Å². The van der Waals surface area contributed by atoms with Crippen molar-refractivity contribution in [2.75, 3.05) is 6.54 Å². The predicted octanol–water partition coefficient (Wildman–Crippen LogP) is 5.34. The van der Waals surface area contributed by atoms with Crippen molar-refractivity contribution in [3.63, 3.8) is 0 Å². The number of para-hydroxylation sites is 1. The van der Waals surface area contributed by atoms with E-state index in [0.717, 1.165) is 47.0 Å². The van der Waals surface area contributed by atoms with E-state index in [1.807, 2.05) is 36.4 Å². The lowest BCUT2D eigenvalue weighted by Gasteiger charge is -2.07. The number of H-pyrrole nitrogens is 1. The summed E-state index contributed by atoms with van der Waals surface area (Å²) in [5, 5.41) is 21.9. The molecule has 1 aromatic heterocycles. The average Bonchev–Trinajstić information content (AvgIpc) is 3.15. The first kappa shape index (κ1) is 20.0. The van der Waals surface area contributed by atoms with E-state index in [1.54, 1.807) is 18.2 Å². The van der Waals surface area contributed by atoms with Crippen LogP contribution in [0.1, 0.15) is 28.9 Å². The zero-order chi connectivity index (χ0) is 20.9. The molecule has 0 radical (unpaired) electrons. The summed E-state index contributed by atoms with van der Waals surface area (Å²) in [6.07, 6.45) is 2.49. The van der Waals surface area contributed by atoms with E-state index in [-0.39, 0.29) is 11.7 Å². The van der Waals surface area contributed by atoms with Gasteiger partial charge in [-0.05, 0) is 49.1 Å². The molecule has 0 saturated heterocycles. The van der Waals surface area contributed by atoms with Crippen LogP contribution in [-0.2, 0) is 6.42 Å². The maximum absolute atomic E-state index is 12.1. The van der Waals surface area contributed by atoms with Gasteiger partial charge in [0.1, 0.15) is 5.75 Å². The summed E-state index contributed by atoms with van der Waals surface area (Å²) in [7, 11) is 0. The number of carbonyl (C=O) groups excluding carboxylic acids is 1. The fraction of sp³-hybridized carbons (Fsp3) is 0.167. The third kappa shape index (κ3) is 4.31. The number of aromatic amines is 1. The Hall–Kier alpha value is -3.31. The van der Waals surface area contributed by atoms with Crippen molar-refractivity contribution in [1.82, 2.24) is 15.5 Å². The molecule has 152 valence electrons. The number of fused-ring (bicyclic) bond motifs is 1. The number of nitrogens with one attached hydrogen (secondary N) is 2. The molecule has 4 rings (SSSR count).